The fraction of sp³-hybridized carbons (Fsp3) is 0.308. The fourth-order valence-corrected chi connectivity index (χ4v) is 4.59. The van der Waals surface area contributed by atoms with E-state index < -0.39 is 22.0 Å². The van der Waals surface area contributed by atoms with Crippen LogP contribution in [0.2, 0.25) is 0 Å². The summed E-state index contributed by atoms with van der Waals surface area (Å²) in [6.45, 7) is 0.297. The van der Waals surface area contributed by atoms with Gasteiger partial charge in [-0.05, 0) is 31.0 Å². The van der Waals surface area contributed by atoms with E-state index >= 15 is 0 Å². The topological polar surface area (TPSA) is 122 Å². The van der Waals surface area contributed by atoms with Gasteiger partial charge in [0.1, 0.15) is 10.9 Å². The normalized spacial score (nSPS) is 20.1. The number of carbonyl (C=O) groups is 1. The lowest BCUT2D eigenvalue weighted by molar-refractivity contribution is -0.121. The van der Waals surface area contributed by atoms with Crippen LogP contribution in [0.1, 0.15) is 12.8 Å². The van der Waals surface area contributed by atoms with Crippen LogP contribution in [0.25, 0.3) is 10.9 Å². The highest BCUT2D eigenvalue weighted by molar-refractivity contribution is 7.89. The van der Waals surface area contributed by atoms with E-state index in [4.69, 9.17) is 11.5 Å². The molecular formula is C13H16N4O3S. The number of amides is 1. The van der Waals surface area contributed by atoms with Gasteiger partial charge in [-0.15, -0.1) is 0 Å². The zero-order chi connectivity index (χ0) is 15.2. The van der Waals surface area contributed by atoms with Crippen molar-refractivity contribution in [3.63, 3.8) is 0 Å². The van der Waals surface area contributed by atoms with Crippen LogP contribution in [-0.4, -0.2) is 36.2 Å². The maximum atomic E-state index is 12.8. The van der Waals surface area contributed by atoms with E-state index in [0.29, 0.717) is 36.0 Å². The van der Waals surface area contributed by atoms with E-state index in [1.54, 1.807) is 18.2 Å². The summed E-state index contributed by atoms with van der Waals surface area (Å²) in [5, 5.41) is 0.519. The Kier molecular flexibility index (Phi) is 3.14. The average molecular weight is 308 g/mol. The van der Waals surface area contributed by atoms with Crippen LogP contribution in [0.5, 0.6) is 0 Å². The number of hydrogen-bond acceptors (Lipinski definition) is 4. The second-order valence-corrected chi connectivity index (χ2v) is 6.99. The molecule has 1 atom stereocenters. The Morgan fingerprint density at radius 3 is 2.86 bits per heavy atom. The predicted molar refractivity (Wildman–Crippen MR) is 78.8 cm³/mol. The summed E-state index contributed by atoms with van der Waals surface area (Å²) in [7, 11) is -3.79. The SMILES string of the molecule is NC(=O)C1CCCN1S(=O)(=O)c1c[nH]c2ccc(N)cc12. The molecule has 1 aliphatic heterocycles. The number of nitrogen functional groups attached to an aromatic ring is 1. The first-order valence-electron chi connectivity index (χ1n) is 6.59. The van der Waals surface area contributed by atoms with Crippen molar-refractivity contribution in [1.29, 1.82) is 0 Å². The van der Waals surface area contributed by atoms with Gasteiger partial charge in [0.05, 0.1) is 0 Å². The van der Waals surface area contributed by atoms with Crippen molar-refractivity contribution in [2.24, 2.45) is 5.73 Å². The summed E-state index contributed by atoms with van der Waals surface area (Å²) in [5.41, 5.74) is 12.2. The van der Waals surface area contributed by atoms with Crippen molar-refractivity contribution in [3.8, 4) is 0 Å². The molecule has 2 aromatic rings. The zero-order valence-electron chi connectivity index (χ0n) is 11.2. The quantitative estimate of drug-likeness (QED) is 0.710. The summed E-state index contributed by atoms with van der Waals surface area (Å²) < 4.78 is 26.8. The maximum Gasteiger partial charge on any atom is 0.245 e. The molecule has 0 spiro atoms. The molecule has 0 saturated carbocycles. The lowest BCUT2D eigenvalue weighted by Gasteiger charge is -2.21. The summed E-state index contributed by atoms with van der Waals surface area (Å²) in [4.78, 5) is 14.5. The number of aromatic nitrogens is 1. The van der Waals surface area contributed by atoms with Crippen LogP contribution >= 0.6 is 0 Å². The number of rotatable bonds is 3. The number of aromatic amines is 1. The first kappa shape index (κ1) is 13.9. The molecular weight excluding hydrogens is 292 g/mol. The van der Waals surface area contributed by atoms with Gasteiger partial charge in [-0.25, -0.2) is 8.42 Å². The van der Waals surface area contributed by atoms with Crippen LogP contribution in [0.15, 0.2) is 29.3 Å². The van der Waals surface area contributed by atoms with Crippen molar-refractivity contribution in [2.45, 2.75) is 23.8 Å². The number of carbonyl (C=O) groups excluding carboxylic acids is 1. The monoisotopic (exact) mass is 308 g/mol. The van der Waals surface area contributed by atoms with Gasteiger partial charge in [-0.1, -0.05) is 0 Å². The van der Waals surface area contributed by atoms with Crippen LogP contribution in [-0.2, 0) is 14.8 Å². The molecule has 1 aromatic heterocycles. The van der Waals surface area contributed by atoms with Crippen molar-refractivity contribution >= 4 is 32.5 Å². The molecule has 1 saturated heterocycles. The van der Waals surface area contributed by atoms with E-state index in [1.807, 2.05) is 0 Å². The molecule has 0 bridgehead atoms. The maximum absolute atomic E-state index is 12.8. The summed E-state index contributed by atoms with van der Waals surface area (Å²) in [5.74, 6) is -0.615. The molecule has 1 amide bonds. The van der Waals surface area contributed by atoms with Gasteiger partial charge in [-0.3, -0.25) is 4.79 Å². The molecule has 112 valence electrons. The average Bonchev–Trinajstić information content (AvgIpc) is 3.05. The Morgan fingerprint density at radius 1 is 1.38 bits per heavy atom. The van der Waals surface area contributed by atoms with E-state index in [1.165, 1.54) is 10.5 Å². The van der Waals surface area contributed by atoms with Gasteiger partial charge in [-0.2, -0.15) is 4.31 Å². The van der Waals surface area contributed by atoms with Crippen LogP contribution in [0, 0.1) is 0 Å². The number of fused-ring (bicyclic) bond motifs is 1. The molecule has 7 nitrogen and oxygen atoms in total. The lowest BCUT2D eigenvalue weighted by atomic mass is 10.2. The van der Waals surface area contributed by atoms with Crippen LogP contribution in [0.4, 0.5) is 5.69 Å². The van der Waals surface area contributed by atoms with Gasteiger partial charge >= 0.3 is 0 Å². The highest BCUT2D eigenvalue weighted by atomic mass is 32.2. The van der Waals surface area contributed by atoms with Crippen LogP contribution < -0.4 is 11.5 Å². The number of anilines is 1. The fourth-order valence-electron chi connectivity index (χ4n) is 2.76. The minimum Gasteiger partial charge on any atom is -0.399 e. The number of nitrogens with two attached hydrogens (primary N) is 2. The van der Waals surface area contributed by atoms with Gasteiger partial charge in [0.2, 0.25) is 15.9 Å². The molecule has 1 unspecified atom stereocenters. The number of sulfonamides is 1. The summed E-state index contributed by atoms with van der Waals surface area (Å²) in [6.07, 6.45) is 2.51. The first-order valence-corrected chi connectivity index (χ1v) is 8.03. The van der Waals surface area contributed by atoms with Crippen molar-refractivity contribution < 1.29 is 13.2 Å². The van der Waals surface area contributed by atoms with Crippen molar-refractivity contribution in [1.82, 2.24) is 9.29 Å². The highest BCUT2D eigenvalue weighted by Gasteiger charge is 2.39. The molecule has 0 radical (unpaired) electrons. The molecule has 1 fully saturated rings. The van der Waals surface area contributed by atoms with E-state index in [9.17, 15) is 13.2 Å². The van der Waals surface area contributed by atoms with E-state index in [-0.39, 0.29) is 4.90 Å². The van der Waals surface area contributed by atoms with Crippen molar-refractivity contribution in [2.75, 3.05) is 12.3 Å². The zero-order valence-corrected chi connectivity index (χ0v) is 12.1. The molecule has 2 heterocycles. The Morgan fingerprint density at radius 2 is 2.14 bits per heavy atom. The molecule has 3 rings (SSSR count). The van der Waals surface area contributed by atoms with Gasteiger partial charge in [0, 0.05) is 29.3 Å². The third kappa shape index (κ3) is 2.16. The molecule has 8 heteroatoms. The smallest absolute Gasteiger partial charge is 0.245 e. The first-order chi connectivity index (χ1) is 9.91. The molecule has 1 aromatic carbocycles. The molecule has 0 aliphatic carbocycles. The Balaban J connectivity index is 2.12. The summed E-state index contributed by atoms with van der Waals surface area (Å²) >= 11 is 0. The number of nitrogens with one attached hydrogen (secondary N) is 1. The molecule has 21 heavy (non-hydrogen) atoms. The van der Waals surface area contributed by atoms with Gasteiger partial charge < -0.3 is 16.5 Å². The lowest BCUT2D eigenvalue weighted by Crippen LogP contribution is -2.43. The Labute approximate surface area is 122 Å². The Bertz CT molecular complexity index is 812. The second kappa shape index (κ2) is 4.74. The third-order valence-electron chi connectivity index (χ3n) is 3.79. The minimum atomic E-state index is -3.79. The minimum absolute atomic E-state index is 0.123. The largest absolute Gasteiger partial charge is 0.399 e. The molecule has 5 N–H and O–H groups in total. The number of H-pyrrole nitrogens is 1. The number of hydrogen-bond donors (Lipinski definition) is 3. The van der Waals surface area contributed by atoms with Crippen molar-refractivity contribution in [3.05, 3.63) is 24.4 Å². The van der Waals surface area contributed by atoms with Gasteiger partial charge in [0.25, 0.3) is 0 Å². The van der Waals surface area contributed by atoms with Crippen LogP contribution in [0.3, 0.4) is 0 Å². The third-order valence-corrected chi connectivity index (χ3v) is 5.73. The standard InChI is InChI=1S/C13H16N4O3S/c14-8-3-4-10-9(6-8)12(7-16-10)21(19,20)17-5-1-2-11(17)13(15)18/h3-4,6-7,11,16H,1-2,5,14H2,(H2,15,18). The number of primary amides is 1. The van der Waals surface area contributed by atoms with Gasteiger partial charge in [0.15, 0.2) is 0 Å². The highest BCUT2D eigenvalue weighted by Crippen LogP contribution is 2.31. The van der Waals surface area contributed by atoms with E-state index in [2.05, 4.69) is 4.98 Å². The van der Waals surface area contributed by atoms with E-state index in [0.717, 1.165) is 0 Å². The molecule has 1 aliphatic rings. The Hall–Kier alpha value is -2.06. The summed E-state index contributed by atoms with van der Waals surface area (Å²) in [6, 6.07) is 4.24. The second-order valence-electron chi connectivity index (χ2n) is 5.13. The number of benzene rings is 1. The number of nitrogens with zero attached hydrogens (tertiary/aromatic N) is 1. The predicted octanol–water partition coefficient (Wildman–Crippen LogP) is 0.389.